The standard InChI is InChI=1S/C26H36N6O5S/c1-16(2)13-19-24(34)31-26(25(35)30-19)14-20(28-15-26)23(33)27-11-12-29-38(36,37)22-10-6-7-17-18(22)8-5-9-21(17)32(3)4/h5-10,16,19-20,28-29H,11-15H2,1-4H3,(H,27,33)(H,30,35)(H,31,34)/t19-,20-,26-/m0/s1. The maximum atomic E-state index is 13.1. The van der Waals surface area contributed by atoms with E-state index < -0.39 is 27.6 Å². The van der Waals surface area contributed by atoms with Crippen LogP contribution in [0.2, 0.25) is 0 Å². The fourth-order valence-corrected chi connectivity index (χ4v) is 6.34. The molecule has 2 fully saturated rings. The molecule has 2 aliphatic heterocycles. The van der Waals surface area contributed by atoms with Crippen LogP contribution in [0.4, 0.5) is 5.69 Å². The van der Waals surface area contributed by atoms with Crippen molar-refractivity contribution in [1.29, 1.82) is 0 Å². The summed E-state index contributed by atoms with van der Waals surface area (Å²) in [7, 11) is -0.0340. The number of hydrogen-bond acceptors (Lipinski definition) is 7. The molecule has 0 radical (unpaired) electrons. The van der Waals surface area contributed by atoms with Crippen LogP contribution in [0.25, 0.3) is 10.8 Å². The summed E-state index contributed by atoms with van der Waals surface area (Å²) in [5.74, 6) is -0.672. The number of nitrogens with one attached hydrogen (secondary N) is 5. The number of fused-ring (bicyclic) bond motifs is 1. The molecule has 0 saturated carbocycles. The Labute approximate surface area is 223 Å². The summed E-state index contributed by atoms with van der Waals surface area (Å²) < 4.78 is 28.7. The van der Waals surface area contributed by atoms with Gasteiger partial charge in [0.05, 0.1) is 10.9 Å². The molecular weight excluding hydrogens is 508 g/mol. The fraction of sp³-hybridized carbons (Fsp3) is 0.500. The van der Waals surface area contributed by atoms with E-state index in [9.17, 15) is 22.8 Å². The smallest absolute Gasteiger partial charge is 0.247 e. The third-order valence-corrected chi connectivity index (χ3v) is 8.51. The molecule has 2 aromatic rings. The van der Waals surface area contributed by atoms with E-state index in [0.29, 0.717) is 11.8 Å². The van der Waals surface area contributed by atoms with Crippen molar-refractivity contribution in [2.24, 2.45) is 5.92 Å². The first-order valence-corrected chi connectivity index (χ1v) is 14.2. The third-order valence-electron chi connectivity index (χ3n) is 6.99. The number of sulfonamides is 1. The summed E-state index contributed by atoms with van der Waals surface area (Å²) in [5.41, 5.74) is -0.263. The van der Waals surface area contributed by atoms with Gasteiger partial charge in [-0.15, -0.1) is 0 Å². The molecule has 206 valence electrons. The molecule has 2 heterocycles. The van der Waals surface area contributed by atoms with Crippen LogP contribution in [0, 0.1) is 5.92 Å². The first kappa shape index (κ1) is 27.8. The van der Waals surface area contributed by atoms with Gasteiger partial charge in [0.1, 0.15) is 11.6 Å². The molecule has 4 rings (SSSR count). The molecule has 3 atom stereocenters. The van der Waals surface area contributed by atoms with Crippen molar-refractivity contribution in [3.63, 3.8) is 0 Å². The topological polar surface area (TPSA) is 149 Å². The number of carbonyl (C=O) groups excluding carboxylic acids is 3. The SMILES string of the molecule is CC(C)C[C@@H]1NC(=O)[C@]2(CN[C@H](C(=O)NCCNS(=O)(=O)c3cccc4c(N(C)C)cccc34)C2)NC1=O. The van der Waals surface area contributed by atoms with Gasteiger partial charge >= 0.3 is 0 Å². The number of carbonyl (C=O) groups is 3. The maximum Gasteiger partial charge on any atom is 0.247 e. The number of anilines is 1. The van der Waals surface area contributed by atoms with Crippen molar-refractivity contribution >= 4 is 44.2 Å². The summed E-state index contributed by atoms with van der Waals surface area (Å²) in [6.07, 6.45) is 0.650. The fourth-order valence-electron chi connectivity index (χ4n) is 5.08. The lowest BCUT2D eigenvalue weighted by Gasteiger charge is -2.37. The van der Waals surface area contributed by atoms with Gasteiger partial charge in [0.15, 0.2) is 0 Å². The molecule has 2 saturated heterocycles. The van der Waals surface area contributed by atoms with Crippen LogP contribution in [0.3, 0.4) is 0 Å². The average molecular weight is 545 g/mol. The van der Waals surface area contributed by atoms with E-state index in [4.69, 9.17) is 0 Å². The van der Waals surface area contributed by atoms with Crippen molar-refractivity contribution in [2.45, 2.75) is 49.2 Å². The lowest BCUT2D eigenvalue weighted by Crippen LogP contribution is -2.70. The number of benzene rings is 2. The largest absolute Gasteiger partial charge is 0.377 e. The van der Waals surface area contributed by atoms with Crippen LogP contribution >= 0.6 is 0 Å². The second kappa shape index (κ2) is 10.9. The van der Waals surface area contributed by atoms with Crippen LogP contribution in [0.1, 0.15) is 26.7 Å². The van der Waals surface area contributed by atoms with Crippen molar-refractivity contribution in [3.05, 3.63) is 36.4 Å². The molecule has 1 spiro atoms. The predicted molar refractivity (Wildman–Crippen MR) is 145 cm³/mol. The van der Waals surface area contributed by atoms with Crippen molar-refractivity contribution in [3.8, 4) is 0 Å². The summed E-state index contributed by atoms with van der Waals surface area (Å²) >= 11 is 0. The number of amides is 3. The maximum absolute atomic E-state index is 13.1. The second-order valence-corrected chi connectivity index (χ2v) is 12.3. The van der Waals surface area contributed by atoms with Crippen LogP contribution in [0.5, 0.6) is 0 Å². The van der Waals surface area contributed by atoms with E-state index in [1.165, 1.54) is 0 Å². The highest BCUT2D eigenvalue weighted by Crippen LogP contribution is 2.30. The highest BCUT2D eigenvalue weighted by atomic mass is 32.2. The number of rotatable bonds is 9. The quantitative estimate of drug-likeness (QED) is 0.280. The minimum Gasteiger partial charge on any atom is -0.377 e. The van der Waals surface area contributed by atoms with Gasteiger partial charge in [0.2, 0.25) is 27.7 Å². The van der Waals surface area contributed by atoms with Gasteiger partial charge < -0.3 is 26.2 Å². The summed E-state index contributed by atoms with van der Waals surface area (Å²) in [6, 6.07) is 9.38. The molecule has 12 heteroatoms. The van der Waals surface area contributed by atoms with Crippen LogP contribution in [-0.2, 0) is 24.4 Å². The van der Waals surface area contributed by atoms with Gasteiger partial charge in [-0.2, -0.15) is 0 Å². The van der Waals surface area contributed by atoms with Crippen molar-refractivity contribution in [1.82, 2.24) is 26.0 Å². The molecule has 2 aliphatic rings. The van der Waals surface area contributed by atoms with Gasteiger partial charge in [-0.3, -0.25) is 14.4 Å². The van der Waals surface area contributed by atoms with Crippen molar-refractivity contribution < 1.29 is 22.8 Å². The van der Waals surface area contributed by atoms with E-state index in [0.717, 1.165) is 11.1 Å². The lowest BCUT2D eigenvalue weighted by atomic mass is 9.89. The highest BCUT2D eigenvalue weighted by Gasteiger charge is 2.52. The van der Waals surface area contributed by atoms with Crippen LogP contribution in [0.15, 0.2) is 41.3 Å². The van der Waals surface area contributed by atoms with E-state index in [2.05, 4.69) is 26.0 Å². The van der Waals surface area contributed by atoms with E-state index in [1.807, 2.05) is 51.0 Å². The molecule has 0 aromatic heterocycles. The molecule has 2 aromatic carbocycles. The van der Waals surface area contributed by atoms with Gasteiger partial charge in [0.25, 0.3) is 0 Å². The Morgan fingerprint density at radius 3 is 2.53 bits per heavy atom. The van der Waals surface area contributed by atoms with Crippen LogP contribution < -0.4 is 30.9 Å². The minimum atomic E-state index is -3.83. The molecule has 0 aliphatic carbocycles. The number of nitrogens with zero attached hydrogens (tertiary/aromatic N) is 1. The van der Waals surface area contributed by atoms with E-state index >= 15 is 0 Å². The lowest BCUT2D eigenvalue weighted by molar-refractivity contribution is -0.141. The Morgan fingerprint density at radius 2 is 1.82 bits per heavy atom. The Hall–Kier alpha value is -3.22. The zero-order valence-electron chi connectivity index (χ0n) is 22.1. The third kappa shape index (κ3) is 5.62. The van der Waals surface area contributed by atoms with Crippen LogP contribution in [-0.4, -0.2) is 77.5 Å². The highest BCUT2D eigenvalue weighted by molar-refractivity contribution is 7.89. The van der Waals surface area contributed by atoms with Gasteiger partial charge in [0, 0.05) is 56.6 Å². The number of hydrogen-bond donors (Lipinski definition) is 5. The Kier molecular flexibility index (Phi) is 7.96. The first-order valence-electron chi connectivity index (χ1n) is 12.8. The Morgan fingerprint density at radius 1 is 1.11 bits per heavy atom. The minimum absolute atomic E-state index is 0.0101. The van der Waals surface area contributed by atoms with Crippen molar-refractivity contribution in [2.75, 3.05) is 38.6 Å². The van der Waals surface area contributed by atoms with Gasteiger partial charge in [-0.1, -0.05) is 38.1 Å². The summed E-state index contributed by atoms with van der Waals surface area (Å²) in [4.78, 5) is 40.2. The van der Waals surface area contributed by atoms with Gasteiger partial charge in [-0.05, 0) is 24.5 Å². The summed E-state index contributed by atoms with van der Waals surface area (Å²) in [6.45, 7) is 4.14. The zero-order chi connectivity index (χ0) is 27.7. The molecule has 38 heavy (non-hydrogen) atoms. The molecule has 0 bridgehead atoms. The molecule has 11 nitrogen and oxygen atoms in total. The Bertz CT molecular complexity index is 1340. The number of piperazine rings is 1. The van der Waals surface area contributed by atoms with E-state index in [1.54, 1.807) is 18.2 Å². The Balaban J connectivity index is 1.32. The first-order chi connectivity index (χ1) is 17.9. The van der Waals surface area contributed by atoms with E-state index in [-0.39, 0.29) is 54.6 Å². The summed E-state index contributed by atoms with van der Waals surface area (Å²) in [5, 5.41) is 12.8. The monoisotopic (exact) mass is 544 g/mol. The molecule has 3 amide bonds. The molecule has 5 N–H and O–H groups in total. The average Bonchev–Trinajstić information content (AvgIpc) is 3.29. The van der Waals surface area contributed by atoms with Gasteiger partial charge in [-0.25, -0.2) is 13.1 Å². The predicted octanol–water partition coefficient (Wildman–Crippen LogP) is 0.0617. The second-order valence-electron chi connectivity index (χ2n) is 10.6. The zero-order valence-corrected chi connectivity index (χ0v) is 22.9. The molecular formula is C26H36N6O5S. The molecule has 0 unspecified atom stereocenters. The normalized spacial score (nSPS) is 23.5.